The highest BCUT2D eigenvalue weighted by atomic mass is 32.1. The van der Waals surface area contributed by atoms with E-state index in [0.717, 1.165) is 15.2 Å². The maximum atomic E-state index is 11.5. The summed E-state index contributed by atoms with van der Waals surface area (Å²) in [5.41, 5.74) is 0.946. The predicted molar refractivity (Wildman–Crippen MR) is 78.0 cm³/mol. The second kappa shape index (κ2) is 6.45. The van der Waals surface area contributed by atoms with Crippen LogP contribution in [0.3, 0.4) is 0 Å². The molecule has 0 aliphatic rings. The monoisotopic (exact) mass is 276 g/mol. The van der Waals surface area contributed by atoms with Crippen LogP contribution in [0, 0.1) is 0 Å². The molecule has 5 heteroatoms. The molecule has 0 saturated carbocycles. The Morgan fingerprint density at radius 1 is 1.53 bits per heavy atom. The van der Waals surface area contributed by atoms with Gasteiger partial charge in [0.25, 0.3) is 0 Å². The van der Waals surface area contributed by atoms with Gasteiger partial charge in [0.05, 0.1) is 16.3 Å². The first kappa shape index (κ1) is 13.7. The Bertz CT molecular complexity index is 557. The number of benzene rings is 1. The molecule has 0 bridgehead atoms. The fourth-order valence-corrected chi connectivity index (χ4v) is 2.44. The number of carbonyl (C=O) groups is 1. The Kier molecular flexibility index (Phi) is 4.65. The quantitative estimate of drug-likeness (QED) is 0.823. The van der Waals surface area contributed by atoms with Crippen molar-refractivity contribution >= 4 is 33.5 Å². The summed E-state index contributed by atoms with van der Waals surface area (Å²) < 4.78 is 1.11. The number of nitrogens with one attached hydrogen (secondary N) is 1. The summed E-state index contributed by atoms with van der Waals surface area (Å²) in [4.78, 5) is 15.9. The molecule has 4 nitrogen and oxygen atoms in total. The molecule has 1 unspecified atom stereocenters. The van der Waals surface area contributed by atoms with Gasteiger partial charge in [-0.3, -0.25) is 4.79 Å². The zero-order valence-corrected chi connectivity index (χ0v) is 11.5. The second-order valence-corrected chi connectivity index (χ2v) is 5.34. The maximum absolute atomic E-state index is 11.5. The minimum atomic E-state index is -0.395. The van der Waals surface area contributed by atoms with E-state index in [-0.39, 0.29) is 5.91 Å². The van der Waals surface area contributed by atoms with Crippen LogP contribution in [0.25, 0.3) is 16.3 Å². The van der Waals surface area contributed by atoms with Crippen LogP contribution in [-0.4, -0.2) is 28.6 Å². The Morgan fingerprint density at radius 3 is 3.05 bits per heavy atom. The smallest absolute Gasteiger partial charge is 0.244 e. The van der Waals surface area contributed by atoms with Crippen molar-refractivity contribution in [2.24, 2.45) is 0 Å². The number of hydrogen-bond donors (Lipinski definition) is 2. The van der Waals surface area contributed by atoms with Crippen LogP contribution in [0.1, 0.15) is 18.4 Å². The third kappa shape index (κ3) is 4.15. The van der Waals surface area contributed by atoms with Crippen LogP contribution in [0.4, 0.5) is 0 Å². The number of rotatable bonds is 5. The summed E-state index contributed by atoms with van der Waals surface area (Å²) in [6, 6.07) is 7.87. The molecular formula is C14H16N2O2S. The Labute approximate surface area is 115 Å². The molecular weight excluding hydrogens is 260 g/mol. The van der Waals surface area contributed by atoms with Crippen molar-refractivity contribution in [2.75, 3.05) is 6.54 Å². The fourth-order valence-electron chi connectivity index (χ4n) is 1.57. The molecule has 0 spiro atoms. The van der Waals surface area contributed by atoms with E-state index in [1.165, 1.54) is 6.08 Å². The molecule has 0 fully saturated rings. The van der Waals surface area contributed by atoms with Gasteiger partial charge < -0.3 is 10.4 Å². The lowest BCUT2D eigenvalue weighted by atomic mass is 10.3. The van der Waals surface area contributed by atoms with Crippen molar-refractivity contribution in [3.63, 3.8) is 0 Å². The van der Waals surface area contributed by atoms with Crippen molar-refractivity contribution in [2.45, 2.75) is 19.4 Å². The normalized spacial score (nSPS) is 12.9. The molecule has 1 amide bonds. The third-order valence-electron chi connectivity index (χ3n) is 2.55. The summed E-state index contributed by atoms with van der Waals surface area (Å²) in [5.74, 6) is -0.167. The van der Waals surface area contributed by atoms with E-state index in [1.54, 1.807) is 24.3 Å². The molecule has 2 aromatic rings. The average Bonchev–Trinajstić information content (AvgIpc) is 2.78. The first-order chi connectivity index (χ1) is 9.15. The van der Waals surface area contributed by atoms with Crippen molar-refractivity contribution in [3.05, 3.63) is 35.3 Å². The average molecular weight is 276 g/mol. The minimum absolute atomic E-state index is 0.167. The largest absolute Gasteiger partial charge is 0.393 e. The van der Waals surface area contributed by atoms with E-state index in [1.807, 2.05) is 24.3 Å². The first-order valence-electron chi connectivity index (χ1n) is 6.14. The van der Waals surface area contributed by atoms with Crippen LogP contribution >= 0.6 is 11.3 Å². The summed E-state index contributed by atoms with van der Waals surface area (Å²) in [6.45, 7) is 2.17. The highest BCUT2D eigenvalue weighted by Gasteiger charge is 2.01. The number of hydrogen-bond acceptors (Lipinski definition) is 4. The molecule has 1 aromatic carbocycles. The lowest BCUT2D eigenvalue weighted by Gasteiger charge is -2.03. The molecule has 2 rings (SSSR count). The van der Waals surface area contributed by atoms with Gasteiger partial charge >= 0.3 is 0 Å². The van der Waals surface area contributed by atoms with Crippen molar-refractivity contribution in [3.8, 4) is 0 Å². The van der Waals surface area contributed by atoms with Gasteiger partial charge in [-0.25, -0.2) is 4.98 Å². The number of para-hydroxylation sites is 1. The highest BCUT2D eigenvalue weighted by molar-refractivity contribution is 7.19. The standard InChI is InChI=1S/C14H16N2O2S/c1-10(17)8-9-15-13(18)6-7-14-16-11-4-2-3-5-12(11)19-14/h2-7,10,17H,8-9H2,1H3,(H,15,18). The van der Waals surface area contributed by atoms with Gasteiger partial charge in [0.1, 0.15) is 5.01 Å². The molecule has 0 radical (unpaired) electrons. The topological polar surface area (TPSA) is 62.2 Å². The first-order valence-corrected chi connectivity index (χ1v) is 6.96. The van der Waals surface area contributed by atoms with E-state index in [2.05, 4.69) is 10.3 Å². The molecule has 0 aliphatic carbocycles. The zero-order valence-electron chi connectivity index (χ0n) is 10.7. The Morgan fingerprint density at radius 2 is 2.32 bits per heavy atom. The number of nitrogens with zero attached hydrogens (tertiary/aromatic N) is 1. The number of aliphatic hydroxyl groups is 1. The fraction of sp³-hybridized carbons (Fsp3) is 0.286. The summed E-state index contributed by atoms with van der Waals surface area (Å²) in [6.07, 6.45) is 3.34. The molecule has 100 valence electrons. The molecule has 1 atom stereocenters. The van der Waals surface area contributed by atoms with Crippen LogP contribution < -0.4 is 5.32 Å². The number of aliphatic hydroxyl groups excluding tert-OH is 1. The summed E-state index contributed by atoms with van der Waals surface area (Å²) in [5, 5.41) is 12.6. The number of fused-ring (bicyclic) bond motifs is 1. The van der Waals surface area contributed by atoms with Crippen LogP contribution in [0.15, 0.2) is 30.3 Å². The van der Waals surface area contributed by atoms with Gasteiger partial charge in [0, 0.05) is 12.6 Å². The summed E-state index contributed by atoms with van der Waals surface area (Å²) >= 11 is 1.55. The van der Waals surface area contributed by atoms with E-state index in [0.29, 0.717) is 13.0 Å². The van der Waals surface area contributed by atoms with Crippen LogP contribution in [-0.2, 0) is 4.79 Å². The number of thiazole rings is 1. The van der Waals surface area contributed by atoms with Gasteiger partial charge in [-0.15, -0.1) is 11.3 Å². The third-order valence-corrected chi connectivity index (χ3v) is 3.55. The van der Waals surface area contributed by atoms with Gasteiger partial charge in [0.15, 0.2) is 0 Å². The van der Waals surface area contributed by atoms with Gasteiger partial charge in [-0.1, -0.05) is 12.1 Å². The van der Waals surface area contributed by atoms with E-state index < -0.39 is 6.10 Å². The lowest BCUT2D eigenvalue weighted by molar-refractivity contribution is -0.116. The number of amides is 1. The van der Waals surface area contributed by atoms with E-state index in [4.69, 9.17) is 5.11 Å². The van der Waals surface area contributed by atoms with Gasteiger partial charge in [-0.05, 0) is 31.6 Å². The van der Waals surface area contributed by atoms with Crippen LogP contribution in [0.2, 0.25) is 0 Å². The van der Waals surface area contributed by atoms with Crippen LogP contribution in [0.5, 0.6) is 0 Å². The second-order valence-electron chi connectivity index (χ2n) is 4.28. The van der Waals surface area contributed by atoms with Crippen molar-refractivity contribution < 1.29 is 9.90 Å². The molecule has 2 N–H and O–H groups in total. The SMILES string of the molecule is CC(O)CCNC(=O)C=Cc1nc2ccccc2s1. The zero-order chi connectivity index (χ0) is 13.7. The Balaban J connectivity index is 1.92. The number of carbonyl (C=O) groups excluding carboxylic acids is 1. The molecule has 1 heterocycles. The Hall–Kier alpha value is -1.72. The lowest BCUT2D eigenvalue weighted by Crippen LogP contribution is -2.24. The van der Waals surface area contributed by atoms with E-state index in [9.17, 15) is 4.79 Å². The van der Waals surface area contributed by atoms with Gasteiger partial charge in [-0.2, -0.15) is 0 Å². The van der Waals surface area contributed by atoms with Gasteiger partial charge in [0.2, 0.25) is 5.91 Å². The van der Waals surface area contributed by atoms with E-state index >= 15 is 0 Å². The number of aromatic nitrogens is 1. The highest BCUT2D eigenvalue weighted by Crippen LogP contribution is 2.22. The molecule has 0 aliphatic heterocycles. The van der Waals surface area contributed by atoms with Crippen molar-refractivity contribution in [1.82, 2.24) is 10.3 Å². The molecule has 1 aromatic heterocycles. The molecule has 19 heavy (non-hydrogen) atoms. The summed E-state index contributed by atoms with van der Waals surface area (Å²) in [7, 11) is 0. The minimum Gasteiger partial charge on any atom is -0.393 e. The maximum Gasteiger partial charge on any atom is 0.244 e. The predicted octanol–water partition coefficient (Wildman–Crippen LogP) is 2.20. The van der Waals surface area contributed by atoms with Crippen molar-refractivity contribution in [1.29, 1.82) is 0 Å². The molecule has 0 saturated heterocycles.